The van der Waals surface area contributed by atoms with Crippen molar-refractivity contribution in [3.05, 3.63) is 47.9 Å². The van der Waals surface area contributed by atoms with E-state index in [2.05, 4.69) is 4.57 Å². The highest BCUT2D eigenvalue weighted by atomic mass is 16.4. The van der Waals surface area contributed by atoms with Gasteiger partial charge in [0.15, 0.2) is 0 Å². The summed E-state index contributed by atoms with van der Waals surface area (Å²) in [5.74, 6) is -0.348. The van der Waals surface area contributed by atoms with Crippen LogP contribution in [0, 0.1) is 0 Å². The molecule has 3 aromatic rings. The Hall–Kier alpha value is -2.49. The van der Waals surface area contributed by atoms with Crippen molar-refractivity contribution in [2.24, 2.45) is 7.05 Å². The number of hydrogen-bond acceptors (Lipinski definition) is 2. The van der Waals surface area contributed by atoms with Gasteiger partial charge in [0.2, 0.25) is 0 Å². The molecule has 4 nitrogen and oxygen atoms in total. The number of benzene rings is 1. The normalized spacial score (nSPS) is 15.5. The zero-order chi connectivity index (χ0) is 16.0. The highest BCUT2D eigenvalue weighted by Crippen LogP contribution is 2.44. The third-order valence-electron chi connectivity index (χ3n) is 5.04. The second kappa shape index (κ2) is 5.30. The van der Waals surface area contributed by atoms with Gasteiger partial charge in [0.05, 0.1) is 23.8 Å². The lowest BCUT2D eigenvalue weighted by Gasteiger charge is -2.12. The quantitative estimate of drug-likeness (QED) is 0.756. The first-order valence-electron chi connectivity index (χ1n) is 8.05. The average molecular weight is 309 g/mol. The molecule has 0 aliphatic heterocycles. The monoisotopic (exact) mass is 309 g/mol. The van der Waals surface area contributed by atoms with Crippen molar-refractivity contribution in [1.82, 2.24) is 4.57 Å². The van der Waals surface area contributed by atoms with Gasteiger partial charge in [0.1, 0.15) is 0 Å². The molecule has 1 aromatic carbocycles. The van der Waals surface area contributed by atoms with E-state index in [0.717, 1.165) is 16.8 Å². The van der Waals surface area contributed by atoms with Gasteiger partial charge in [-0.25, -0.2) is 4.79 Å². The Morgan fingerprint density at radius 2 is 2.04 bits per heavy atom. The van der Waals surface area contributed by atoms with E-state index in [0.29, 0.717) is 11.5 Å². The molecule has 0 amide bonds. The Morgan fingerprint density at radius 3 is 2.70 bits per heavy atom. The van der Waals surface area contributed by atoms with Crippen LogP contribution in [-0.4, -0.2) is 15.6 Å². The first kappa shape index (κ1) is 14.1. The van der Waals surface area contributed by atoms with Crippen molar-refractivity contribution in [2.75, 3.05) is 0 Å². The highest BCUT2D eigenvalue weighted by Gasteiger charge is 2.27. The van der Waals surface area contributed by atoms with Gasteiger partial charge in [-0.3, -0.25) is 0 Å². The molecule has 2 aromatic heterocycles. The molecule has 1 fully saturated rings. The molecule has 0 radical (unpaired) electrons. The van der Waals surface area contributed by atoms with Crippen LogP contribution in [0.4, 0.5) is 0 Å². The fourth-order valence-corrected chi connectivity index (χ4v) is 3.97. The van der Waals surface area contributed by atoms with Crippen molar-refractivity contribution in [3.8, 4) is 11.3 Å². The molecular formula is C19H19NO3. The van der Waals surface area contributed by atoms with Gasteiger partial charge in [-0.05, 0) is 42.5 Å². The number of aryl methyl sites for hydroxylation is 1. The van der Waals surface area contributed by atoms with Crippen LogP contribution in [0.5, 0.6) is 0 Å². The minimum atomic E-state index is -0.889. The number of carbonyl (C=O) groups is 1. The Balaban J connectivity index is 2.03. The molecule has 4 heteroatoms. The number of hydrogen-bond donors (Lipinski definition) is 1. The summed E-state index contributed by atoms with van der Waals surface area (Å²) in [6, 6.07) is 7.43. The Kier molecular flexibility index (Phi) is 3.26. The second-order valence-electron chi connectivity index (χ2n) is 6.35. The molecule has 1 aliphatic carbocycles. The smallest absolute Gasteiger partial charge is 0.335 e. The number of carboxylic acids is 1. The molecule has 0 atom stereocenters. The van der Waals surface area contributed by atoms with Gasteiger partial charge in [0.25, 0.3) is 0 Å². The Bertz CT molecular complexity index is 868. The van der Waals surface area contributed by atoms with E-state index in [1.807, 2.05) is 19.2 Å². The summed E-state index contributed by atoms with van der Waals surface area (Å²) in [4.78, 5) is 11.3. The van der Waals surface area contributed by atoms with Gasteiger partial charge in [0, 0.05) is 23.5 Å². The number of aromatic carboxylic acids is 1. The lowest BCUT2D eigenvalue weighted by molar-refractivity contribution is 0.0697. The molecule has 1 aliphatic rings. The van der Waals surface area contributed by atoms with E-state index in [1.165, 1.54) is 36.6 Å². The lowest BCUT2D eigenvalue weighted by Crippen LogP contribution is -1.97. The highest BCUT2D eigenvalue weighted by molar-refractivity contribution is 5.98. The maximum atomic E-state index is 11.3. The molecular weight excluding hydrogens is 290 g/mol. The van der Waals surface area contributed by atoms with Gasteiger partial charge in [-0.1, -0.05) is 18.9 Å². The molecule has 0 saturated heterocycles. The van der Waals surface area contributed by atoms with Crippen LogP contribution >= 0.6 is 0 Å². The Morgan fingerprint density at radius 1 is 1.26 bits per heavy atom. The van der Waals surface area contributed by atoms with E-state index >= 15 is 0 Å². The predicted octanol–water partition coefficient (Wildman–Crippen LogP) is 4.79. The van der Waals surface area contributed by atoms with Crippen LogP contribution in [-0.2, 0) is 7.05 Å². The summed E-state index contributed by atoms with van der Waals surface area (Å²) in [5.41, 5.74) is 4.86. The number of nitrogens with zero attached hydrogens (tertiary/aromatic N) is 1. The van der Waals surface area contributed by atoms with Crippen LogP contribution in [0.1, 0.15) is 47.5 Å². The van der Waals surface area contributed by atoms with Gasteiger partial charge >= 0.3 is 5.97 Å². The topological polar surface area (TPSA) is 55.4 Å². The summed E-state index contributed by atoms with van der Waals surface area (Å²) in [6.07, 6.45) is 8.38. The molecule has 2 heterocycles. The van der Waals surface area contributed by atoms with Gasteiger partial charge in [-0.2, -0.15) is 0 Å². The van der Waals surface area contributed by atoms with Crippen LogP contribution in [0.2, 0.25) is 0 Å². The van der Waals surface area contributed by atoms with Gasteiger partial charge < -0.3 is 14.1 Å². The first-order valence-corrected chi connectivity index (χ1v) is 8.05. The summed E-state index contributed by atoms with van der Waals surface area (Å²) in [7, 11) is 2.01. The molecule has 0 bridgehead atoms. The largest absolute Gasteiger partial charge is 0.478 e. The molecule has 1 saturated carbocycles. The fraction of sp³-hybridized carbons (Fsp3) is 0.316. The molecule has 118 valence electrons. The van der Waals surface area contributed by atoms with Crippen LogP contribution in [0.3, 0.4) is 0 Å². The third-order valence-corrected chi connectivity index (χ3v) is 5.04. The number of fused-ring (bicyclic) bond motifs is 1. The summed E-state index contributed by atoms with van der Waals surface area (Å²) >= 11 is 0. The van der Waals surface area contributed by atoms with Crippen LogP contribution in [0.15, 0.2) is 41.2 Å². The molecule has 0 unspecified atom stereocenters. The first-order chi connectivity index (χ1) is 11.2. The Labute approximate surface area is 134 Å². The summed E-state index contributed by atoms with van der Waals surface area (Å²) < 4.78 is 7.40. The number of carboxylic acid groups (broad SMARTS) is 1. The minimum absolute atomic E-state index is 0.329. The zero-order valence-corrected chi connectivity index (χ0v) is 13.1. The second-order valence-corrected chi connectivity index (χ2v) is 6.35. The van der Waals surface area contributed by atoms with Crippen molar-refractivity contribution >= 4 is 16.9 Å². The maximum Gasteiger partial charge on any atom is 0.335 e. The van der Waals surface area contributed by atoms with Crippen molar-refractivity contribution in [1.29, 1.82) is 0 Å². The zero-order valence-electron chi connectivity index (χ0n) is 13.1. The van der Waals surface area contributed by atoms with Gasteiger partial charge in [-0.15, -0.1) is 0 Å². The van der Waals surface area contributed by atoms with Crippen molar-refractivity contribution in [2.45, 2.75) is 31.6 Å². The average Bonchev–Trinajstić information content (AvgIpc) is 3.26. The predicted molar refractivity (Wildman–Crippen MR) is 88.8 cm³/mol. The number of aromatic nitrogens is 1. The summed E-state index contributed by atoms with van der Waals surface area (Å²) in [6.45, 7) is 0. The molecule has 4 rings (SSSR count). The van der Waals surface area contributed by atoms with Crippen molar-refractivity contribution < 1.29 is 14.3 Å². The molecule has 23 heavy (non-hydrogen) atoms. The third kappa shape index (κ3) is 2.17. The van der Waals surface area contributed by atoms with Crippen LogP contribution < -0.4 is 0 Å². The maximum absolute atomic E-state index is 11.3. The lowest BCUT2D eigenvalue weighted by atomic mass is 9.92. The SMILES string of the molecule is Cn1c(-c2ccoc2)c(C2CCCC2)c2ccc(C(=O)O)cc21. The van der Waals surface area contributed by atoms with E-state index in [1.54, 1.807) is 24.7 Å². The standard InChI is InChI=1S/C19H19NO3/c1-20-16-10-13(19(21)22)6-7-15(16)17(12-4-2-3-5-12)18(20)14-8-9-23-11-14/h6-12H,2-5H2,1H3,(H,21,22). The fourth-order valence-electron chi connectivity index (χ4n) is 3.97. The minimum Gasteiger partial charge on any atom is -0.478 e. The van der Waals surface area contributed by atoms with E-state index in [-0.39, 0.29) is 0 Å². The van der Waals surface area contributed by atoms with E-state index in [9.17, 15) is 9.90 Å². The van der Waals surface area contributed by atoms with E-state index < -0.39 is 5.97 Å². The number of furan rings is 1. The number of rotatable bonds is 3. The molecule has 1 N–H and O–H groups in total. The van der Waals surface area contributed by atoms with Crippen LogP contribution in [0.25, 0.3) is 22.2 Å². The van der Waals surface area contributed by atoms with E-state index in [4.69, 9.17) is 4.42 Å². The molecule has 0 spiro atoms. The van der Waals surface area contributed by atoms with Crippen molar-refractivity contribution in [3.63, 3.8) is 0 Å². The summed E-state index contributed by atoms with van der Waals surface area (Å²) in [5, 5.41) is 10.4.